The third-order valence-corrected chi connectivity index (χ3v) is 7.00. The number of nitrogens with zero attached hydrogens (tertiary/aromatic N) is 2. The van der Waals surface area contributed by atoms with Crippen LogP contribution in [0, 0.1) is 13.8 Å². The van der Waals surface area contributed by atoms with Gasteiger partial charge in [-0.15, -0.1) is 0 Å². The normalized spacial score (nSPS) is 13.2. The molecule has 1 N–H and O–H groups in total. The molecular weight excluding hydrogens is 574 g/mol. The van der Waals surface area contributed by atoms with Gasteiger partial charge >= 0.3 is 11.8 Å². The van der Waals surface area contributed by atoms with Crippen LogP contribution in [-0.2, 0) is 14.4 Å². The standard InChI is InChI=1S/C28H27BrClN3O5/c1-18-4-3-5-24(19(18)2)37-17-26(34)32-12-14-33(15-13-32)28(36)27(35)31-23-16-20(29)6-11-25(23)38-22-9-7-21(30)8-10-22/h3-11,16H,12-15,17H2,1-2H3,(H,31,35). The summed E-state index contributed by atoms with van der Waals surface area (Å²) in [5, 5.41) is 3.22. The molecule has 8 nitrogen and oxygen atoms in total. The zero-order valence-corrected chi connectivity index (χ0v) is 23.3. The third kappa shape index (κ3) is 6.85. The Balaban J connectivity index is 1.31. The molecule has 0 aromatic heterocycles. The molecule has 10 heteroatoms. The number of rotatable bonds is 6. The summed E-state index contributed by atoms with van der Waals surface area (Å²) < 4.78 is 12.3. The van der Waals surface area contributed by atoms with Crippen LogP contribution in [0.25, 0.3) is 0 Å². The molecule has 1 aliphatic rings. The van der Waals surface area contributed by atoms with Crippen LogP contribution in [0.1, 0.15) is 11.1 Å². The van der Waals surface area contributed by atoms with Crippen molar-refractivity contribution >= 4 is 50.9 Å². The molecular formula is C28H27BrClN3O5. The smallest absolute Gasteiger partial charge is 0.314 e. The van der Waals surface area contributed by atoms with E-state index in [2.05, 4.69) is 21.2 Å². The minimum atomic E-state index is -0.790. The van der Waals surface area contributed by atoms with Gasteiger partial charge < -0.3 is 24.6 Å². The minimum Gasteiger partial charge on any atom is -0.483 e. The van der Waals surface area contributed by atoms with Crippen molar-refractivity contribution in [3.05, 3.63) is 81.3 Å². The Morgan fingerprint density at radius 1 is 0.921 bits per heavy atom. The van der Waals surface area contributed by atoms with E-state index in [4.69, 9.17) is 21.1 Å². The maximum atomic E-state index is 12.9. The largest absolute Gasteiger partial charge is 0.483 e. The molecule has 3 aromatic rings. The minimum absolute atomic E-state index is 0.0853. The first-order valence-corrected chi connectivity index (χ1v) is 13.2. The first-order valence-electron chi connectivity index (χ1n) is 12.0. The highest BCUT2D eigenvalue weighted by atomic mass is 79.9. The quantitative estimate of drug-likeness (QED) is 0.393. The second-order valence-electron chi connectivity index (χ2n) is 8.81. The van der Waals surface area contributed by atoms with E-state index in [9.17, 15) is 14.4 Å². The Labute approximate surface area is 234 Å². The van der Waals surface area contributed by atoms with E-state index < -0.39 is 11.8 Å². The number of benzene rings is 3. The molecule has 1 fully saturated rings. The number of amides is 3. The van der Waals surface area contributed by atoms with Crippen molar-refractivity contribution in [2.75, 3.05) is 38.1 Å². The van der Waals surface area contributed by atoms with E-state index in [1.54, 1.807) is 47.4 Å². The molecule has 198 valence electrons. The van der Waals surface area contributed by atoms with Gasteiger partial charge in [-0.05, 0) is 73.5 Å². The predicted octanol–water partition coefficient (Wildman–Crippen LogP) is 5.20. The molecule has 3 amide bonds. The number of hydrogen-bond acceptors (Lipinski definition) is 5. The summed E-state index contributed by atoms with van der Waals surface area (Å²) in [6.07, 6.45) is 0. The Hall–Kier alpha value is -3.56. The molecule has 1 aliphatic heterocycles. The number of halogens is 2. The fourth-order valence-electron chi connectivity index (χ4n) is 3.91. The van der Waals surface area contributed by atoms with Gasteiger partial charge in [0.05, 0.1) is 5.69 Å². The molecule has 3 aromatic carbocycles. The van der Waals surface area contributed by atoms with Crippen molar-refractivity contribution in [2.45, 2.75) is 13.8 Å². The average Bonchev–Trinajstić information content (AvgIpc) is 2.91. The van der Waals surface area contributed by atoms with Crippen molar-refractivity contribution < 1.29 is 23.9 Å². The summed E-state index contributed by atoms with van der Waals surface area (Å²) in [6, 6.07) is 17.6. The van der Waals surface area contributed by atoms with Crippen LogP contribution >= 0.6 is 27.5 Å². The maximum Gasteiger partial charge on any atom is 0.314 e. The lowest BCUT2D eigenvalue weighted by Crippen LogP contribution is -2.53. The summed E-state index contributed by atoms with van der Waals surface area (Å²) in [6.45, 7) is 4.97. The van der Waals surface area contributed by atoms with Gasteiger partial charge in [0.25, 0.3) is 5.91 Å². The van der Waals surface area contributed by atoms with Gasteiger partial charge in [0.15, 0.2) is 12.4 Å². The zero-order valence-electron chi connectivity index (χ0n) is 21.0. The molecule has 0 spiro atoms. The van der Waals surface area contributed by atoms with Gasteiger partial charge in [-0.25, -0.2) is 0 Å². The van der Waals surface area contributed by atoms with Crippen LogP contribution in [0.4, 0.5) is 5.69 Å². The number of ether oxygens (including phenoxy) is 2. The monoisotopic (exact) mass is 599 g/mol. The van der Waals surface area contributed by atoms with Gasteiger partial charge in [0.2, 0.25) is 0 Å². The summed E-state index contributed by atoms with van der Waals surface area (Å²) in [4.78, 5) is 41.4. The Kier molecular flexibility index (Phi) is 8.91. The van der Waals surface area contributed by atoms with Crippen LogP contribution in [0.15, 0.2) is 65.1 Å². The van der Waals surface area contributed by atoms with E-state index in [-0.39, 0.29) is 25.6 Å². The number of carbonyl (C=O) groups is 3. The van der Waals surface area contributed by atoms with Crippen molar-refractivity contribution in [1.29, 1.82) is 0 Å². The summed E-state index contributed by atoms with van der Waals surface area (Å²) in [5.74, 6) is -0.0589. The fourth-order valence-corrected chi connectivity index (χ4v) is 4.40. The van der Waals surface area contributed by atoms with E-state index in [0.29, 0.717) is 45.5 Å². The second-order valence-corrected chi connectivity index (χ2v) is 10.2. The highest BCUT2D eigenvalue weighted by Gasteiger charge is 2.28. The van der Waals surface area contributed by atoms with Gasteiger partial charge in [-0.1, -0.05) is 39.7 Å². The molecule has 4 rings (SSSR count). The Morgan fingerprint density at radius 3 is 2.32 bits per heavy atom. The van der Waals surface area contributed by atoms with Crippen molar-refractivity contribution in [3.63, 3.8) is 0 Å². The van der Waals surface area contributed by atoms with Gasteiger partial charge in [-0.2, -0.15) is 0 Å². The van der Waals surface area contributed by atoms with Crippen molar-refractivity contribution in [3.8, 4) is 17.2 Å². The molecule has 0 radical (unpaired) electrons. The second kappa shape index (κ2) is 12.3. The fraction of sp³-hybridized carbons (Fsp3) is 0.250. The predicted molar refractivity (Wildman–Crippen MR) is 149 cm³/mol. The van der Waals surface area contributed by atoms with E-state index >= 15 is 0 Å². The zero-order chi connectivity index (χ0) is 27.2. The van der Waals surface area contributed by atoms with Crippen molar-refractivity contribution in [2.24, 2.45) is 0 Å². The molecule has 1 heterocycles. The molecule has 0 atom stereocenters. The van der Waals surface area contributed by atoms with E-state index in [1.807, 2.05) is 32.0 Å². The number of nitrogens with one attached hydrogen (secondary N) is 1. The van der Waals surface area contributed by atoms with Gasteiger partial charge in [-0.3, -0.25) is 14.4 Å². The highest BCUT2D eigenvalue weighted by molar-refractivity contribution is 9.10. The van der Waals surface area contributed by atoms with Gasteiger partial charge in [0, 0.05) is 35.7 Å². The number of carbonyl (C=O) groups excluding carboxylic acids is 3. The Morgan fingerprint density at radius 2 is 1.61 bits per heavy atom. The number of anilines is 1. The first-order chi connectivity index (χ1) is 18.2. The topological polar surface area (TPSA) is 88.2 Å². The summed E-state index contributed by atoms with van der Waals surface area (Å²) in [5.41, 5.74) is 2.42. The lowest BCUT2D eigenvalue weighted by molar-refractivity contribution is -0.146. The molecule has 0 saturated carbocycles. The maximum absolute atomic E-state index is 12.9. The van der Waals surface area contributed by atoms with Crippen LogP contribution in [0.5, 0.6) is 17.2 Å². The highest BCUT2D eigenvalue weighted by Crippen LogP contribution is 2.32. The van der Waals surface area contributed by atoms with Crippen molar-refractivity contribution in [1.82, 2.24) is 9.80 Å². The van der Waals surface area contributed by atoms with Crippen LogP contribution in [0.2, 0.25) is 5.02 Å². The lowest BCUT2D eigenvalue weighted by Gasteiger charge is -2.34. The van der Waals surface area contributed by atoms with E-state index in [1.165, 1.54) is 4.90 Å². The van der Waals surface area contributed by atoms with Crippen LogP contribution in [-0.4, -0.2) is 60.3 Å². The van der Waals surface area contributed by atoms with Crippen LogP contribution in [0.3, 0.4) is 0 Å². The first kappa shape index (κ1) is 27.5. The summed E-state index contributed by atoms with van der Waals surface area (Å²) >= 11 is 9.32. The Bertz CT molecular complexity index is 1340. The van der Waals surface area contributed by atoms with Crippen LogP contribution < -0.4 is 14.8 Å². The molecule has 0 aliphatic carbocycles. The number of hydrogen-bond donors (Lipinski definition) is 1. The molecule has 0 bridgehead atoms. The van der Waals surface area contributed by atoms with Gasteiger partial charge in [0.1, 0.15) is 11.5 Å². The molecule has 0 unspecified atom stereocenters. The molecule has 1 saturated heterocycles. The third-order valence-electron chi connectivity index (χ3n) is 6.25. The number of piperazine rings is 1. The summed E-state index contributed by atoms with van der Waals surface area (Å²) in [7, 11) is 0. The lowest BCUT2D eigenvalue weighted by atomic mass is 10.1. The average molecular weight is 601 g/mol. The molecule has 38 heavy (non-hydrogen) atoms. The SMILES string of the molecule is Cc1cccc(OCC(=O)N2CCN(C(=O)C(=O)Nc3cc(Br)ccc3Oc3ccc(Cl)cc3)CC2)c1C. The number of aryl methyl sites for hydroxylation is 1. The van der Waals surface area contributed by atoms with E-state index in [0.717, 1.165) is 11.1 Å².